The van der Waals surface area contributed by atoms with Crippen molar-refractivity contribution in [1.82, 2.24) is 4.98 Å². The van der Waals surface area contributed by atoms with Crippen molar-refractivity contribution in [2.24, 2.45) is 0 Å². The molecule has 0 saturated heterocycles. The minimum absolute atomic E-state index is 0.200. The Bertz CT molecular complexity index is 1770. The number of carbonyl (C=O) groups excluding carboxylic acids is 4. The maximum absolute atomic E-state index is 12.6. The van der Waals surface area contributed by atoms with Gasteiger partial charge in [-0.3, -0.25) is 0 Å². The molecule has 0 atom stereocenters. The summed E-state index contributed by atoms with van der Waals surface area (Å²) in [7, 11) is 0. The highest BCUT2D eigenvalue weighted by Gasteiger charge is 2.18. The molecule has 1 aromatic heterocycles. The molecule has 234 valence electrons. The van der Waals surface area contributed by atoms with Gasteiger partial charge in [-0.05, 0) is 117 Å². The number of aromatic nitrogens is 1. The van der Waals surface area contributed by atoms with Gasteiger partial charge in [0.25, 0.3) is 0 Å². The third-order valence-corrected chi connectivity index (χ3v) is 7.18. The Morgan fingerprint density at radius 1 is 0.435 bits per heavy atom. The number of benzene rings is 4. The summed E-state index contributed by atoms with van der Waals surface area (Å²) in [5.74, 6) is -2.13. The van der Waals surface area contributed by atoms with Gasteiger partial charge in [0, 0.05) is 10.8 Å². The molecule has 1 heterocycles. The van der Waals surface area contributed by atoms with Gasteiger partial charge in [-0.15, -0.1) is 0 Å². The van der Waals surface area contributed by atoms with E-state index in [1.807, 2.05) is 42.5 Å². The van der Waals surface area contributed by atoms with Gasteiger partial charge in [-0.25, -0.2) is 24.2 Å². The maximum atomic E-state index is 12.6. The van der Waals surface area contributed by atoms with E-state index < -0.39 is 23.9 Å². The zero-order valence-electron chi connectivity index (χ0n) is 26.0. The lowest BCUT2D eigenvalue weighted by molar-refractivity contribution is 0.0506. The van der Waals surface area contributed by atoms with Crippen molar-refractivity contribution >= 4 is 45.7 Å². The Morgan fingerprint density at radius 2 is 0.761 bits per heavy atom. The number of carbonyl (C=O) groups is 4. The molecule has 0 aliphatic carbocycles. The molecule has 0 aliphatic heterocycles. The molecule has 0 radical (unpaired) electrons. The van der Waals surface area contributed by atoms with E-state index in [9.17, 15) is 19.2 Å². The quantitative estimate of drug-likeness (QED) is 0.0893. The van der Waals surface area contributed by atoms with Crippen molar-refractivity contribution in [1.29, 1.82) is 0 Å². The van der Waals surface area contributed by atoms with Gasteiger partial charge in [-0.1, -0.05) is 12.1 Å². The highest BCUT2D eigenvalue weighted by Crippen LogP contribution is 2.31. The molecule has 0 spiro atoms. The summed E-state index contributed by atoms with van der Waals surface area (Å²) in [6.45, 7) is 7.68. The number of esters is 4. The molecule has 4 aromatic carbocycles. The average Bonchev–Trinajstić information content (AvgIpc) is 3.06. The van der Waals surface area contributed by atoms with Crippen molar-refractivity contribution in [3.05, 3.63) is 101 Å². The third kappa shape index (κ3) is 6.89. The highest BCUT2D eigenvalue weighted by molar-refractivity contribution is 6.01. The van der Waals surface area contributed by atoms with Crippen LogP contribution < -0.4 is 0 Å². The van der Waals surface area contributed by atoms with Crippen molar-refractivity contribution in [2.75, 3.05) is 26.4 Å². The summed E-state index contributed by atoms with van der Waals surface area (Å²) < 4.78 is 20.8. The summed E-state index contributed by atoms with van der Waals surface area (Å²) in [6, 6.07) is 23.1. The Morgan fingerprint density at radius 3 is 1.07 bits per heavy atom. The molecule has 0 fully saturated rings. The highest BCUT2D eigenvalue weighted by atomic mass is 16.5. The number of ether oxygens (including phenoxy) is 4. The Balaban J connectivity index is 1.60. The molecule has 9 heteroatoms. The topological polar surface area (TPSA) is 118 Å². The summed E-state index contributed by atoms with van der Waals surface area (Å²) in [5.41, 5.74) is 5.32. The molecule has 5 rings (SSSR count). The smallest absolute Gasteiger partial charge is 0.338 e. The first-order valence-corrected chi connectivity index (χ1v) is 15.1. The minimum atomic E-state index is -0.533. The first-order valence-electron chi connectivity index (χ1n) is 15.1. The fraction of sp³-hybridized carbons (Fsp3) is 0.216. The molecule has 46 heavy (non-hydrogen) atoms. The van der Waals surface area contributed by atoms with Crippen LogP contribution in [0.15, 0.2) is 78.9 Å². The minimum Gasteiger partial charge on any atom is -0.462 e. The van der Waals surface area contributed by atoms with Gasteiger partial charge in [0.05, 0.1) is 59.7 Å². The van der Waals surface area contributed by atoms with Crippen LogP contribution in [0, 0.1) is 0 Å². The Labute approximate surface area is 266 Å². The predicted molar refractivity (Wildman–Crippen MR) is 174 cm³/mol. The van der Waals surface area contributed by atoms with E-state index in [4.69, 9.17) is 23.9 Å². The molecule has 0 aliphatic rings. The van der Waals surface area contributed by atoms with Gasteiger partial charge in [0.15, 0.2) is 0 Å². The molecule has 0 unspecified atom stereocenters. The monoisotopic (exact) mass is 619 g/mol. The van der Waals surface area contributed by atoms with E-state index in [0.29, 0.717) is 11.1 Å². The van der Waals surface area contributed by atoms with E-state index in [1.165, 1.54) is 12.1 Å². The van der Waals surface area contributed by atoms with Crippen LogP contribution in [0.5, 0.6) is 0 Å². The lowest BCUT2D eigenvalue weighted by atomic mass is 9.96. The van der Waals surface area contributed by atoms with E-state index in [1.54, 1.807) is 52.0 Å². The van der Waals surface area contributed by atoms with Crippen molar-refractivity contribution in [3.63, 3.8) is 0 Å². The fourth-order valence-corrected chi connectivity index (χ4v) is 5.12. The van der Waals surface area contributed by atoms with Crippen LogP contribution in [0.25, 0.3) is 44.1 Å². The normalized spacial score (nSPS) is 10.9. The van der Waals surface area contributed by atoms with E-state index in [2.05, 4.69) is 0 Å². The molecule has 0 bridgehead atoms. The molecular formula is C37H33NO8. The molecule has 5 aromatic rings. The van der Waals surface area contributed by atoms with Crippen LogP contribution in [0.1, 0.15) is 69.1 Å². The first kappa shape index (κ1) is 31.8. The second-order valence-electron chi connectivity index (χ2n) is 10.3. The van der Waals surface area contributed by atoms with Crippen LogP contribution >= 0.6 is 0 Å². The zero-order chi connectivity index (χ0) is 32.8. The largest absolute Gasteiger partial charge is 0.462 e. The number of nitrogens with zero attached hydrogens (tertiary/aromatic N) is 1. The second-order valence-corrected chi connectivity index (χ2v) is 10.3. The average molecular weight is 620 g/mol. The van der Waals surface area contributed by atoms with Crippen LogP contribution in [-0.2, 0) is 18.9 Å². The molecule has 0 amide bonds. The van der Waals surface area contributed by atoms with E-state index in [-0.39, 0.29) is 48.7 Å². The van der Waals surface area contributed by atoms with Crippen LogP contribution in [0.4, 0.5) is 0 Å². The SMILES string of the molecule is CCOC(=O)c1cc(C(=O)OCC)cc(-c2ccc3nc4ccc(-c5cc(C(=O)OCC)cc(C(=O)OCC)c5)cc4cc3c2)c1. The first-order chi connectivity index (χ1) is 22.2. The number of pyridine rings is 1. The number of fused-ring (bicyclic) bond motifs is 2. The molecule has 0 saturated carbocycles. The zero-order valence-corrected chi connectivity index (χ0v) is 26.0. The van der Waals surface area contributed by atoms with Crippen molar-refractivity contribution in [3.8, 4) is 22.3 Å². The third-order valence-electron chi connectivity index (χ3n) is 7.18. The van der Waals surface area contributed by atoms with Crippen LogP contribution in [0.2, 0.25) is 0 Å². The molecule has 9 nitrogen and oxygen atoms in total. The fourth-order valence-electron chi connectivity index (χ4n) is 5.12. The predicted octanol–water partition coefficient (Wildman–Crippen LogP) is 7.43. The van der Waals surface area contributed by atoms with Gasteiger partial charge in [0.2, 0.25) is 0 Å². The van der Waals surface area contributed by atoms with Crippen molar-refractivity contribution < 1.29 is 38.1 Å². The maximum Gasteiger partial charge on any atom is 0.338 e. The number of hydrogen-bond donors (Lipinski definition) is 0. The Kier molecular flexibility index (Phi) is 9.71. The number of hydrogen-bond acceptors (Lipinski definition) is 9. The summed E-state index contributed by atoms with van der Waals surface area (Å²) in [5, 5.41) is 1.66. The summed E-state index contributed by atoms with van der Waals surface area (Å²) >= 11 is 0. The number of rotatable bonds is 10. The summed E-state index contributed by atoms with van der Waals surface area (Å²) in [4.78, 5) is 55.3. The molecular weight excluding hydrogens is 586 g/mol. The van der Waals surface area contributed by atoms with E-state index in [0.717, 1.165) is 32.9 Å². The lowest BCUT2D eigenvalue weighted by Gasteiger charge is -2.12. The summed E-state index contributed by atoms with van der Waals surface area (Å²) in [6.07, 6.45) is 0. The second kappa shape index (κ2) is 14.0. The standard InChI is InChI=1S/C37H33NO8/c1-5-43-34(39)28-15-24(16-29(20-28)35(40)44-6-2)22-9-11-32-26(13-22)19-27-14-23(10-12-33(27)38-32)25-17-30(36(41)45-7-3)21-31(18-25)37(42)46-8-4/h9-21H,5-8H2,1-4H3. The van der Waals surface area contributed by atoms with Gasteiger partial charge >= 0.3 is 23.9 Å². The molecule has 0 N–H and O–H groups in total. The van der Waals surface area contributed by atoms with Gasteiger partial charge in [0.1, 0.15) is 0 Å². The van der Waals surface area contributed by atoms with E-state index >= 15 is 0 Å². The Hall–Kier alpha value is -5.57. The van der Waals surface area contributed by atoms with Crippen LogP contribution in [0.3, 0.4) is 0 Å². The van der Waals surface area contributed by atoms with Crippen molar-refractivity contribution in [2.45, 2.75) is 27.7 Å². The van der Waals surface area contributed by atoms with Gasteiger partial charge < -0.3 is 18.9 Å². The van der Waals surface area contributed by atoms with Gasteiger partial charge in [-0.2, -0.15) is 0 Å². The lowest BCUT2D eigenvalue weighted by Crippen LogP contribution is -2.09. The van der Waals surface area contributed by atoms with Crippen LogP contribution in [-0.4, -0.2) is 55.3 Å².